The summed E-state index contributed by atoms with van der Waals surface area (Å²) in [5.74, 6) is 0. The molecule has 5 nitrogen and oxygen atoms in total. The van der Waals surface area contributed by atoms with Crippen molar-refractivity contribution in [2.24, 2.45) is 0 Å². The van der Waals surface area contributed by atoms with Gasteiger partial charge in [-0.25, -0.2) is 18.6 Å². The average Bonchev–Trinajstić information content (AvgIpc) is 2.63. The molecule has 1 aromatic heterocycles. The monoisotopic (exact) mass is 260 g/mol. The number of carbonyl (C=O) groups excluding carboxylic acids is 1. The van der Waals surface area contributed by atoms with E-state index in [2.05, 4.69) is 15.6 Å². The molecule has 0 aliphatic carbocycles. The maximum absolute atomic E-state index is 12.1. The third-order valence-electron chi connectivity index (χ3n) is 2.12. The second kappa shape index (κ2) is 6.93. The van der Waals surface area contributed by atoms with Gasteiger partial charge < -0.3 is 15.2 Å². The Labute approximate surface area is 105 Å². The molecule has 0 atom stereocenters. The van der Waals surface area contributed by atoms with Crippen molar-refractivity contribution in [1.29, 1.82) is 0 Å². The van der Waals surface area contributed by atoms with E-state index in [1.165, 1.54) is 10.9 Å². The van der Waals surface area contributed by atoms with E-state index in [9.17, 15) is 13.6 Å². The summed E-state index contributed by atoms with van der Waals surface area (Å²) in [6, 6.07) is -0.160. The first-order valence-electron chi connectivity index (χ1n) is 5.80. The van der Waals surface area contributed by atoms with Crippen LogP contribution in [-0.4, -0.2) is 34.6 Å². The first-order valence-corrected chi connectivity index (χ1v) is 5.80. The summed E-state index contributed by atoms with van der Waals surface area (Å²) in [6.45, 7) is 3.80. The quantitative estimate of drug-likeness (QED) is 0.812. The zero-order chi connectivity index (χ0) is 13.5. The number of hydrogen-bond acceptors (Lipinski definition) is 2. The Bertz CT molecular complexity index is 379. The number of imidazole rings is 1. The van der Waals surface area contributed by atoms with Crippen LogP contribution in [0.1, 0.15) is 19.5 Å². The summed E-state index contributed by atoms with van der Waals surface area (Å²) in [5, 5.41) is 5.35. The van der Waals surface area contributed by atoms with Gasteiger partial charge in [-0.1, -0.05) is 0 Å². The first kappa shape index (κ1) is 14.4. The number of urea groups is 1. The van der Waals surface area contributed by atoms with Crippen LogP contribution < -0.4 is 10.6 Å². The minimum absolute atomic E-state index is 0.0789. The van der Waals surface area contributed by atoms with Gasteiger partial charge in [0.15, 0.2) is 0 Å². The number of hydrogen-bond donors (Lipinski definition) is 2. The van der Waals surface area contributed by atoms with Crippen molar-refractivity contribution in [2.45, 2.75) is 39.3 Å². The molecule has 0 aliphatic rings. The van der Waals surface area contributed by atoms with Crippen molar-refractivity contribution >= 4 is 6.03 Å². The maximum Gasteiger partial charge on any atom is 0.314 e. The number of amides is 2. The fourth-order valence-electron chi connectivity index (χ4n) is 1.41. The molecule has 1 rings (SSSR count). The highest BCUT2D eigenvalue weighted by molar-refractivity contribution is 5.74. The smallest absolute Gasteiger partial charge is 0.314 e. The van der Waals surface area contributed by atoms with Gasteiger partial charge in [-0.05, 0) is 13.8 Å². The maximum atomic E-state index is 12.1. The van der Waals surface area contributed by atoms with Crippen molar-refractivity contribution in [1.82, 2.24) is 20.2 Å². The molecular weight excluding hydrogens is 242 g/mol. The summed E-state index contributed by atoms with van der Waals surface area (Å²) < 4.78 is 25.5. The van der Waals surface area contributed by atoms with Gasteiger partial charge in [0.1, 0.15) is 0 Å². The van der Waals surface area contributed by atoms with E-state index in [-0.39, 0.29) is 18.6 Å². The molecule has 0 saturated carbocycles. The molecule has 0 spiro atoms. The van der Waals surface area contributed by atoms with Gasteiger partial charge >= 0.3 is 6.03 Å². The molecule has 2 N–H and O–H groups in total. The third-order valence-corrected chi connectivity index (χ3v) is 2.12. The van der Waals surface area contributed by atoms with Crippen LogP contribution in [0.4, 0.5) is 13.6 Å². The fourth-order valence-corrected chi connectivity index (χ4v) is 1.41. The van der Waals surface area contributed by atoms with Crippen LogP contribution in [-0.2, 0) is 13.0 Å². The van der Waals surface area contributed by atoms with E-state index in [0.717, 1.165) is 0 Å². The Morgan fingerprint density at radius 1 is 1.50 bits per heavy atom. The van der Waals surface area contributed by atoms with Crippen molar-refractivity contribution in [3.8, 4) is 0 Å². The second-order valence-corrected chi connectivity index (χ2v) is 4.26. The highest BCUT2D eigenvalue weighted by atomic mass is 19.3. The van der Waals surface area contributed by atoms with Gasteiger partial charge in [-0.15, -0.1) is 0 Å². The Kier molecular flexibility index (Phi) is 5.54. The molecule has 7 heteroatoms. The van der Waals surface area contributed by atoms with Gasteiger partial charge in [0.25, 0.3) is 6.43 Å². The summed E-state index contributed by atoms with van der Waals surface area (Å²) in [6.07, 6.45) is 1.06. The van der Waals surface area contributed by atoms with Crippen LogP contribution >= 0.6 is 0 Å². The van der Waals surface area contributed by atoms with Crippen LogP contribution in [0, 0.1) is 0 Å². The van der Waals surface area contributed by atoms with Crippen LogP contribution in [0.15, 0.2) is 12.5 Å². The largest absolute Gasteiger partial charge is 0.338 e. The molecule has 0 fully saturated rings. The summed E-state index contributed by atoms with van der Waals surface area (Å²) in [7, 11) is 0. The lowest BCUT2D eigenvalue weighted by Gasteiger charge is -2.09. The van der Waals surface area contributed by atoms with E-state index >= 15 is 0 Å². The van der Waals surface area contributed by atoms with E-state index in [1.807, 2.05) is 13.8 Å². The Balaban J connectivity index is 2.27. The molecule has 18 heavy (non-hydrogen) atoms. The lowest BCUT2D eigenvalue weighted by Crippen LogP contribution is -2.40. The standard InChI is InChI=1S/C11H18F2N4O/c1-8(2)16-11(18)14-4-3-9-5-17(7-15-9)6-10(12)13/h5,7-8,10H,3-4,6H2,1-2H3,(H2,14,16,18). The Morgan fingerprint density at radius 3 is 2.83 bits per heavy atom. The van der Waals surface area contributed by atoms with Crippen LogP contribution in [0.5, 0.6) is 0 Å². The summed E-state index contributed by atoms with van der Waals surface area (Å²) in [5.41, 5.74) is 0.681. The fraction of sp³-hybridized carbons (Fsp3) is 0.636. The molecule has 0 aromatic carbocycles. The van der Waals surface area contributed by atoms with E-state index in [0.29, 0.717) is 18.7 Å². The molecule has 0 aliphatic heterocycles. The van der Waals surface area contributed by atoms with Gasteiger partial charge in [0, 0.05) is 25.2 Å². The zero-order valence-electron chi connectivity index (χ0n) is 10.5. The van der Waals surface area contributed by atoms with E-state index < -0.39 is 6.43 Å². The van der Waals surface area contributed by atoms with Gasteiger partial charge in [0.05, 0.1) is 18.6 Å². The minimum atomic E-state index is -2.39. The number of rotatable bonds is 6. The van der Waals surface area contributed by atoms with E-state index in [4.69, 9.17) is 0 Å². The second-order valence-electron chi connectivity index (χ2n) is 4.26. The van der Waals surface area contributed by atoms with Crippen molar-refractivity contribution in [2.75, 3.05) is 6.54 Å². The highest BCUT2D eigenvalue weighted by Gasteiger charge is 2.06. The lowest BCUT2D eigenvalue weighted by molar-refractivity contribution is 0.126. The van der Waals surface area contributed by atoms with Gasteiger partial charge in [-0.2, -0.15) is 0 Å². The number of nitrogens with one attached hydrogen (secondary N) is 2. The topological polar surface area (TPSA) is 59.0 Å². The molecule has 2 amide bonds. The Hall–Kier alpha value is -1.66. The molecule has 1 aromatic rings. The number of nitrogens with zero attached hydrogens (tertiary/aromatic N) is 2. The third kappa shape index (κ3) is 5.60. The van der Waals surface area contributed by atoms with Gasteiger partial charge in [0.2, 0.25) is 0 Å². The number of alkyl halides is 2. The minimum Gasteiger partial charge on any atom is -0.338 e. The molecular formula is C11H18F2N4O. The number of carbonyl (C=O) groups is 1. The predicted molar refractivity (Wildman–Crippen MR) is 63.6 cm³/mol. The zero-order valence-corrected chi connectivity index (χ0v) is 10.5. The predicted octanol–water partition coefficient (Wildman–Crippen LogP) is 1.40. The van der Waals surface area contributed by atoms with Gasteiger partial charge in [-0.3, -0.25) is 0 Å². The molecule has 0 unspecified atom stereocenters. The normalized spacial score (nSPS) is 11.0. The van der Waals surface area contributed by atoms with Crippen molar-refractivity contribution < 1.29 is 13.6 Å². The molecule has 0 bridgehead atoms. The first-order chi connectivity index (χ1) is 8.47. The number of aromatic nitrogens is 2. The van der Waals surface area contributed by atoms with Crippen molar-refractivity contribution in [3.63, 3.8) is 0 Å². The van der Waals surface area contributed by atoms with Crippen LogP contribution in [0.25, 0.3) is 0 Å². The molecule has 0 saturated heterocycles. The van der Waals surface area contributed by atoms with Crippen molar-refractivity contribution in [3.05, 3.63) is 18.2 Å². The average molecular weight is 260 g/mol. The highest BCUT2D eigenvalue weighted by Crippen LogP contribution is 2.01. The number of halogens is 2. The van der Waals surface area contributed by atoms with Crippen LogP contribution in [0.2, 0.25) is 0 Å². The lowest BCUT2D eigenvalue weighted by atomic mass is 10.3. The molecule has 102 valence electrons. The summed E-state index contributed by atoms with van der Waals surface area (Å²) >= 11 is 0. The molecule has 1 heterocycles. The van der Waals surface area contributed by atoms with Crippen LogP contribution in [0.3, 0.4) is 0 Å². The molecule has 0 radical (unpaired) electrons. The summed E-state index contributed by atoms with van der Waals surface area (Å²) in [4.78, 5) is 15.2. The SMILES string of the molecule is CC(C)NC(=O)NCCc1cn(CC(F)F)cn1. The van der Waals surface area contributed by atoms with E-state index in [1.54, 1.807) is 6.20 Å². The Morgan fingerprint density at radius 2 is 2.22 bits per heavy atom.